The number of hydrogen-bond acceptors (Lipinski definition) is 3. The molecule has 0 radical (unpaired) electrons. The highest BCUT2D eigenvalue weighted by molar-refractivity contribution is 5.67. The SMILES string of the molecule is CCN(C)CCCCNC(=O)OC(C)(C)C. The van der Waals surface area contributed by atoms with Gasteiger partial charge in [0.05, 0.1) is 0 Å². The molecule has 4 heteroatoms. The van der Waals surface area contributed by atoms with E-state index in [-0.39, 0.29) is 6.09 Å². The van der Waals surface area contributed by atoms with Crippen LogP contribution in [0.1, 0.15) is 40.5 Å². The van der Waals surface area contributed by atoms with Gasteiger partial charge >= 0.3 is 6.09 Å². The first-order valence-electron chi connectivity index (χ1n) is 6.00. The molecule has 0 unspecified atom stereocenters. The van der Waals surface area contributed by atoms with E-state index < -0.39 is 5.60 Å². The summed E-state index contributed by atoms with van der Waals surface area (Å²) >= 11 is 0. The largest absolute Gasteiger partial charge is 0.444 e. The van der Waals surface area contributed by atoms with Gasteiger partial charge in [0.15, 0.2) is 0 Å². The quantitative estimate of drug-likeness (QED) is 0.712. The monoisotopic (exact) mass is 230 g/mol. The Morgan fingerprint density at radius 3 is 2.44 bits per heavy atom. The van der Waals surface area contributed by atoms with Crippen LogP contribution in [-0.2, 0) is 4.74 Å². The number of nitrogens with zero attached hydrogens (tertiary/aromatic N) is 1. The molecule has 0 atom stereocenters. The van der Waals surface area contributed by atoms with Crippen LogP contribution in [0.4, 0.5) is 4.79 Å². The molecule has 0 aromatic carbocycles. The molecule has 0 bridgehead atoms. The molecule has 96 valence electrons. The molecule has 0 saturated heterocycles. The first-order valence-corrected chi connectivity index (χ1v) is 6.00. The molecular formula is C12H26N2O2. The van der Waals surface area contributed by atoms with Crippen molar-refractivity contribution >= 4 is 6.09 Å². The summed E-state index contributed by atoms with van der Waals surface area (Å²) in [4.78, 5) is 13.5. The normalized spacial score (nSPS) is 11.6. The summed E-state index contributed by atoms with van der Waals surface area (Å²) in [6, 6.07) is 0. The van der Waals surface area contributed by atoms with Gasteiger partial charge in [0.25, 0.3) is 0 Å². The number of unbranched alkanes of at least 4 members (excludes halogenated alkanes) is 1. The van der Waals surface area contributed by atoms with Gasteiger partial charge in [-0.15, -0.1) is 0 Å². The minimum Gasteiger partial charge on any atom is -0.444 e. The molecular weight excluding hydrogens is 204 g/mol. The van der Waals surface area contributed by atoms with Crippen molar-refractivity contribution in [3.8, 4) is 0 Å². The van der Waals surface area contributed by atoms with Crippen molar-refractivity contribution in [2.45, 2.75) is 46.1 Å². The van der Waals surface area contributed by atoms with E-state index >= 15 is 0 Å². The lowest BCUT2D eigenvalue weighted by Gasteiger charge is -2.19. The van der Waals surface area contributed by atoms with Gasteiger partial charge in [0, 0.05) is 6.54 Å². The van der Waals surface area contributed by atoms with Crippen molar-refractivity contribution in [3.63, 3.8) is 0 Å². The van der Waals surface area contributed by atoms with Crippen molar-refractivity contribution < 1.29 is 9.53 Å². The van der Waals surface area contributed by atoms with Gasteiger partial charge in [-0.25, -0.2) is 4.79 Å². The number of carbonyl (C=O) groups excluding carboxylic acids is 1. The van der Waals surface area contributed by atoms with Gasteiger partial charge in [0.1, 0.15) is 5.60 Å². The number of alkyl carbamates (subject to hydrolysis) is 1. The van der Waals surface area contributed by atoms with E-state index in [9.17, 15) is 4.79 Å². The fourth-order valence-electron chi connectivity index (χ4n) is 1.17. The van der Waals surface area contributed by atoms with Crippen molar-refractivity contribution in [2.24, 2.45) is 0 Å². The minimum absolute atomic E-state index is 0.323. The fourth-order valence-corrected chi connectivity index (χ4v) is 1.17. The first-order chi connectivity index (χ1) is 7.35. The van der Waals surface area contributed by atoms with Crippen molar-refractivity contribution in [2.75, 3.05) is 26.7 Å². The zero-order valence-corrected chi connectivity index (χ0v) is 11.3. The molecule has 0 saturated carbocycles. The van der Waals surface area contributed by atoms with E-state index in [4.69, 9.17) is 4.74 Å². The number of nitrogens with one attached hydrogen (secondary N) is 1. The summed E-state index contributed by atoms with van der Waals surface area (Å²) in [6.07, 6.45) is 1.76. The third-order valence-corrected chi connectivity index (χ3v) is 2.17. The fraction of sp³-hybridized carbons (Fsp3) is 0.917. The van der Waals surface area contributed by atoms with Gasteiger partial charge in [-0.05, 0) is 53.8 Å². The maximum Gasteiger partial charge on any atom is 0.407 e. The average Bonchev–Trinajstić information content (AvgIpc) is 2.14. The molecule has 4 nitrogen and oxygen atoms in total. The Morgan fingerprint density at radius 2 is 1.94 bits per heavy atom. The third-order valence-electron chi connectivity index (χ3n) is 2.17. The van der Waals surface area contributed by atoms with Gasteiger partial charge < -0.3 is 15.0 Å². The second kappa shape index (κ2) is 7.49. The van der Waals surface area contributed by atoms with Gasteiger partial charge in [0.2, 0.25) is 0 Å². The van der Waals surface area contributed by atoms with Gasteiger partial charge in [-0.1, -0.05) is 6.92 Å². The summed E-state index contributed by atoms with van der Waals surface area (Å²) in [7, 11) is 2.10. The molecule has 1 amide bonds. The minimum atomic E-state index is -0.410. The highest BCUT2D eigenvalue weighted by atomic mass is 16.6. The lowest BCUT2D eigenvalue weighted by molar-refractivity contribution is 0.0526. The Balaban J connectivity index is 3.42. The summed E-state index contributed by atoms with van der Waals surface area (Å²) < 4.78 is 5.13. The van der Waals surface area contributed by atoms with E-state index in [1.807, 2.05) is 20.8 Å². The molecule has 16 heavy (non-hydrogen) atoms. The summed E-state index contributed by atoms with van der Waals surface area (Å²) in [5.74, 6) is 0. The molecule has 0 aliphatic heterocycles. The standard InChI is InChI=1S/C12H26N2O2/c1-6-14(5)10-8-7-9-13-11(15)16-12(2,3)4/h6-10H2,1-5H3,(H,13,15). The Hall–Kier alpha value is -0.770. The zero-order valence-electron chi connectivity index (χ0n) is 11.3. The van der Waals surface area contributed by atoms with Crippen LogP contribution in [0.5, 0.6) is 0 Å². The van der Waals surface area contributed by atoms with E-state index in [1.54, 1.807) is 0 Å². The molecule has 0 aromatic rings. The summed E-state index contributed by atoms with van der Waals surface area (Å²) in [6.45, 7) is 10.6. The van der Waals surface area contributed by atoms with Crippen molar-refractivity contribution in [1.82, 2.24) is 10.2 Å². The van der Waals surface area contributed by atoms with Crippen molar-refractivity contribution in [3.05, 3.63) is 0 Å². The van der Waals surface area contributed by atoms with Gasteiger partial charge in [-0.2, -0.15) is 0 Å². The highest BCUT2D eigenvalue weighted by Crippen LogP contribution is 2.06. The number of rotatable bonds is 6. The smallest absolute Gasteiger partial charge is 0.407 e. The van der Waals surface area contributed by atoms with Crippen LogP contribution in [0.3, 0.4) is 0 Å². The van der Waals surface area contributed by atoms with E-state index in [0.29, 0.717) is 6.54 Å². The van der Waals surface area contributed by atoms with Crippen LogP contribution in [0.2, 0.25) is 0 Å². The lowest BCUT2D eigenvalue weighted by Crippen LogP contribution is -2.33. The Labute approximate surface area is 99.3 Å². The predicted molar refractivity (Wildman–Crippen MR) is 66.6 cm³/mol. The van der Waals surface area contributed by atoms with Crippen LogP contribution in [0.15, 0.2) is 0 Å². The number of hydrogen-bond donors (Lipinski definition) is 1. The average molecular weight is 230 g/mol. The molecule has 0 heterocycles. The molecule has 1 N–H and O–H groups in total. The molecule has 0 rings (SSSR count). The number of ether oxygens (including phenoxy) is 1. The predicted octanol–water partition coefficient (Wildman–Crippen LogP) is 2.24. The maximum absolute atomic E-state index is 11.3. The molecule has 0 fully saturated rings. The van der Waals surface area contributed by atoms with Crippen LogP contribution >= 0.6 is 0 Å². The number of amides is 1. The van der Waals surface area contributed by atoms with E-state index in [1.165, 1.54) is 0 Å². The summed E-state index contributed by atoms with van der Waals surface area (Å²) in [5, 5.41) is 2.75. The topological polar surface area (TPSA) is 41.6 Å². The highest BCUT2D eigenvalue weighted by Gasteiger charge is 2.15. The molecule has 0 aliphatic carbocycles. The second-order valence-electron chi connectivity index (χ2n) is 5.03. The first kappa shape index (κ1) is 15.2. The molecule has 0 spiro atoms. The molecule has 0 aliphatic rings. The van der Waals surface area contributed by atoms with Crippen LogP contribution < -0.4 is 5.32 Å². The van der Waals surface area contributed by atoms with Crippen LogP contribution in [0, 0.1) is 0 Å². The van der Waals surface area contributed by atoms with Crippen LogP contribution in [0.25, 0.3) is 0 Å². The lowest BCUT2D eigenvalue weighted by atomic mass is 10.2. The van der Waals surface area contributed by atoms with E-state index in [0.717, 1.165) is 25.9 Å². The van der Waals surface area contributed by atoms with Crippen molar-refractivity contribution in [1.29, 1.82) is 0 Å². The van der Waals surface area contributed by atoms with Crippen LogP contribution in [-0.4, -0.2) is 43.3 Å². The second-order valence-corrected chi connectivity index (χ2v) is 5.03. The Kier molecular flexibility index (Phi) is 7.13. The Bertz CT molecular complexity index is 200. The maximum atomic E-state index is 11.3. The van der Waals surface area contributed by atoms with E-state index in [2.05, 4.69) is 24.2 Å². The summed E-state index contributed by atoms with van der Waals surface area (Å²) in [5.41, 5.74) is -0.410. The van der Waals surface area contributed by atoms with Gasteiger partial charge in [-0.3, -0.25) is 0 Å². The zero-order chi connectivity index (χ0) is 12.6. The molecule has 0 aromatic heterocycles. The number of carbonyl (C=O) groups is 1. The third kappa shape index (κ3) is 9.77. The Morgan fingerprint density at radius 1 is 1.31 bits per heavy atom.